The van der Waals surface area contributed by atoms with E-state index in [0.717, 1.165) is 12.1 Å². The van der Waals surface area contributed by atoms with E-state index in [0.29, 0.717) is 6.07 Å². The number of aliphatic carboxylic acids is 1. The molecule has 19 heavy (non-hydrogen) atoms. The average Bonchev–Trinajstić information content (AvgIpc) is 2.23. The summed E-state index contributed by atoms with van der Waals surface area (Å²) in [6.07, 6.45) is -11.6. The maximum absolute atomic E-state index is 12.7. The van der Waals surface area contributed by atoms with Gasteiger partial charge in [0.1, 0.15) is 0 Å². The molecule has 0 amide bonds. The number of carbonyl (C=O) groups is 1. The molecule has 0 spiro atoms. The molecule has 0 unspecified atom stereocenters. The van der Waals surface area contributed by atoms with Crippen LogP contribution in [0.15, 0.2) is 18.2 Å². The summed E-state index contributed by atoms with van der Waals surface area (Å²) in [5, 5.41) is 8.39. The molecule has 1 aromatic rings. The number of aryl methyl sites for hydroxylation is 1. The van der Waals surface area contributed by atoms with Crippen molar-refractivity contribution < 1.29 is 36.2 Å². The quantitative estimate of drug-likeness (QED) is 0.859. The Bertz CT molecular complexity index is 475. The molecule has 0 saturated carbocycles. The van der Waals surface area contributed by atoms with Crippen LogP contribution in [0.25, 0.3) is 0 Å². The van der Waals surface area contributed by atoms with E-state index in [9.17, 15) is 31.1 Å². The van der Waals surface area contributed by atoms with Crippen LogP contribution in [0.2, 0.25) is 0 Å². The van der Waals surface area contributed by atoms with Crippen molar-refractivity contribution in [2.45, 2.75) is 25.2 Å². The molecule has 0 saturated heterocycles. The van der Waals surface area contributed by atoms with E-state index in [-0.39, 0.29) is 0 Å². The second kappa shape index (κ2) is 5.10. The first-order valence-corrected chi connectivity index (χ1v) is 5.01. The fourth-order valence-electron chi connectivity index (χ4n) is 1.62. The predicted molar refractivity (Wildman–Crippen MR) is 52.4 cm³/mol. The summed E-state index contributed by atoms with van der Waals surface area (Å²) in [6, 6.07) is 2.00. The maximum atomic E-state index is 12.7. The highest BCUT2D eigenvalue weighted by Crippen LogP contribution is 2.42. The van der Waals surface area contributed by atoms with Gasteiger partial charge in [-0.3, -0.25) is 4.79 Å². The molecule has 0 radical (unpaired) electrons. The SMILES string of the molecule is O=C(O)CCc1cccc(C(F)(F)F)c1C(F)(F)F. The van der Waals surface area contributed by atoms with Crippen molar-refractivity contribution in [3.8, 4) is 0 Å². The lowest BCUT2D eigenvalue weighted by molar-refractivity contribution is -0.162. The van der Waals surface area contributed by atoms with Crippen LogP contribution >= 0.6 is 0 Å². The van der Waals surface area contributed by atoms with Crippen molar-refractivity contribution in [2.24, 2.45) is 0 Å². The van der Waals surface area contributed by atoms with Crippen molar-refractivity contribution in [1.29, 1.82) is 0 Å². The number of alkyl halides is 6. The van der Waals surface area contributed by atoms with Gasteiger partial charge < -0.3 is 5.11 Å². The van der Waals surface area contributed by atoms with E-state index >= 15 is 0 Å². The van der Waals surface area contributed by atoms with Gasteiger partial charge in [-0.25, -0.2) is 0 Å². The summed E-state index contributed by atoms with van der Waals surface area (Å²) in [5.74, 6) is -1.38. The third-order valence-electron chi connectivity index (χ3n) is 2.35. The number of carboxylic acid groups (broad SMARTS) is 1. The number of halogens is 6. The van der Waals surface area contributed by atoms with Gasteiger partial charge in [0.25, 0.3) is 0 Å². The van der Waals surface area contributed by atoms with Gasteiger partial charge in [-0.1, -0.05) is 12.1 Å². The van der Waals surface area contributed by atoms with Crippen LogP contribution in [0.3, 0.4) is 0 Å². The summed E-state index contributed by atoms with van der Waals surface area (Å²) in [7, 11) is 0. The lowest BCUT2D eigenvalue weighted by atomic mass is 9.96. The van der Waals surface area contributed by atoms with Crippen LogP contribution in [-0.4, -0.2) is 11.1 Å². The van der Waals surface area contributed by atoms with Crippen LogP contribution in [0.1, 0.15) is 23.1 Å². The molecule has 1 aromatic carbocycles. The minimum Gasteiger partial charge on any atom is -0.481 e. The first kappa shape index (κ1) is 15.3. The zero-order valence-corrected chi connectivity index (χ0v) is 9.27. The van der Waals surface area contributed by atoms with Crippen molar-refractivity contribution in [3.05, 3.63) is 34.9 Å². The van der Waals surface area contributed by atoms with Crippen LogP contribution < -0.4 is 0 Å². The number of hydrogen-bond donors (Lipinski definition) is 1. The maximum Gasteiger partial charge on any atom is 0.417 e. The molecular formula is C11H8F6O2. The largest absolute Gasteiger partial charge is 0.481 e. The second-order valence-corrected chi connectivity index (χ2v) is 3.73. The van der Waals surface area contributed by atoms with Crippen molar-refractivity contribution >= 4 is 5.97 Å². The molecule has 0 aliphatic rings. The zero-order valence-electron chi connectivity index (χ0n) is 9.27. The Morgan fingerprint density at radius 3 is 2.05 bits per heavy atom. The minimum atomic E-state index is -5.19. The van der Waals surface area contributed by atoms with Crippen LogP contribution in [0, 0.1) is 0 Å². The third kappa shape index (κ3) is 3.87. The number of hydrogen-bond acceptors (Lipinski definition) is 1. The van der Waals surface area contributed by atoms with E-state index in [1.807, 2.05) is 0 Å². The first-order chi connectivity index (χ1) is 8.53. The number of benzene rings is 1. The average molecular weight is 286 g/mol. The third-order valence-corrected chi connectivity index (χ3v) is 2.35. The fourth-order valence-corrected chi connectivity index (χ4v) is 1.62. The zero-order chi connectivity index (χ0) is 14.8. The predicted octanol–water partition coefficient (Wildman–Crippen LogP) is 3.74. The second-order valence-electron chi connectivity index (χ2n) is 3.73. The van der Waals surface area contributed by atoms with Gasteiger partial charge in [-0.2, -0.15) is 26.3 Å². The van der Waals surface area contributed by atoms with Gasteiger partial charge in [0.2, 0.25) is 0 Å². The van der Waals surface area contributed by atoms with E-state index < -0.39 is 47.9 Å². The van der Waals surface area contributed by atoms with Crippen LogP contribution in [0.5, 0.6) is 0 Å². The lowest BCUT2D eigenvalue weighted by Crippen LogP contribution is -2.19. The minimum absolute atomic E-state index is 0.326. The molecule has 106 valence electrons. The molecular weight excluding hydrogens is 278 g/mol. The molecule has 2 nitrogen and oxygen atoms in total. The van der Waals surface area contributed by atoms with Gasteiger partial charge in [-0.15, -0.1) is 0 Å². The monoisotopic (exact) mass is 286 g/mol. The standard InChI is InChI=1S/C11H8F6O2/c12-10(13,14)7-3-1-2-6(4-5-8(18)19)9(7)11(15,16)17/h1-3H,4-5H2,(H,18,19). The van der Waals surface area contributed by atoms with E-state index in [4.69, 9.17) is 5.11 Å². The van der Waals surface area contributed by atoms with Gasteiger partial charge >= 0.3 is 18.3 Å². The van der Waals surface area contributed by atoms with Gasteiger partial charge in [0, 0.05) is 6.42 Å². The topological polar surface area (TPSA) is 37.3 Å². The van der Waals surface area contributed by atoms with E-state index in [1.54, 1.807) is 0 Å². The molecule has 0 aliphatic carbocycles. The van der Waals surface area contributed by atoms with Gasteiger partial charge in [-0.05, 0) is 18.1 Å². The summed E-state index contributed by atoms with van der Waals surface area (Å²) in [5.41, 5.74) is -4.30. The summed E-state index contributed by atoms with van der Waals surface area (Å²) in [6.45, 7) is 0. The summed E-state index contributed by atoms with van der Waals surface area (Å²) in [4.78, 5) is 10.3. The lowest BCUT2D eigenvalue weighted by Gasteiger charge is -2.18. The fraction of sp³-hybridized carbons (Fsp3) is 0.364. The van der Waals surface area contributed by atoms with E-state index in [2.05, 4.69) is 0 Å². The van der Waals surface area contributed by atoms with Gasteiger partial charge in [0.15, 0.2) is 0 Å². The summed E-state index contributed by atoms with van der Waals surface area (Å²) >= 11 is 0. The van der Waals surface area contributed by atoms with Crippen molar-refractivity contribution in [2.75, 3.05) is 0 Å². The van der Waals surface area contributed by atoms with Crippen molar-refractivity contribution in [1.82, 2.24) is 0 Å². The highest BCUT2D eigenvalue weighted by Gasteiger charge is 2.44. The van der Waals surface area contributed by atoms with Gasteiger partial charge in [0.05, 0.1) is 11.1 Å². The molecule has 0 heterocycles. The molecule has 0 bridgehead atoms. The molecule has 1 N–H and O–H groups in total. The normalized spacial score (nSPS) is 12.5. The molecule has 0 fully saturated rings. The molecule has 0 atom stereocenters. The molecule has 8 heteroatoms. The van der Waals surface area contributed by atoms with Crippen molar-refractivity contribution in [3.63, 3.8) is 0 Å². The van der Waals surface area contributed by atoms with Crippen LogP contribution in [-0.2, 0) is 23.6 Å². The smallest absolute Gasteiger partial charge is 0.417 e. The molecule has 0 aliphatic heterocycles. The Labute approximate surface area is 103 Å². The number of rotatable bonds is 3. The summed E-state index contributed by atoms with van der Waals surface area (Å²) < 4.78 is 75.8. The van der Waals surface area contributed by atoms with E-state index in [1.165, 1.54) is 0 Å². The number of carboxylic acids is 1. The highest BCUT2D eigenvalue weighted by molar-refractivity contribution is 5.67. The highest BCUT2D eigenvalue weighted by atomic mass is 19.4. The Hall–Kier alpha value is -1.73. The Kier molecular flexibility index (Phi) is 4.12. The Morgan fingerprint density at radius 1 is 1.05 bits per heavy atom. The Balaban J connectivity index is 3.35. The van der Waals surface area contributed by atoms with Crippen LogP contribution in [0.4, 0.5) is 26.3 Å². The Morgan fingerprint density at radius 2 is 1.63 bits per heavy atom. The first-order valence-electron chi connectivity index (χ1n) is 5.01. The molecule has 0 aromatic heterocycles. The molecule has 1 rings (SSSR count).